The molecule has 1 aromatic carbocycles. The van der Waals surface area contributed by atoms with Gasteiger partial charge in [-0.25, -0.2) is 9.78 Å². The summed E-state index contributed by atoms with van der Waals surface area (Å²) in [4.78, 5) is 33.9. The maximum absolute atomic E-state index is 11.7. The van der Waals surface area contributed by atoms with Crippen LogP contribution >= 0.6 is 0 Å². The van der Waals surface area contributed by atoms with Gasteiger partial charge in [0.05, 0.1) is 12.2 Å². The number of nitrogen functional groups attached to an aromatic ring is 1. The number of aromatic amines is 1. The van der Waals surface area contributed by atoms with E-state index < -0.39 is 5.56 Å². The number of nitrogens with zero attached hydrogens (tertiary/aromatic N) is 3. The summed E-state index contributed by atoms with van der Waals surface area (Å²) in [6, 6.07) is 6.70. The molecule has 0 amide bonds. The monoisotopic (exact) mass is 299 g/mol. The highest BCUT2D eigenvalue weighted by Crippen LogP contribution is 2.15. The zero-order chi connectivity index (χ0) is 15.7. The Morgan fingerprint density at radius 1 is 1.36 bits per heavy atom. The van der Waals surface area contributed by atoms with Crippen molar-refractivity contribution >= 4 is 23.1 Å². The second kappa shape index (κ2) is 5.32. The van der Waals surface area contributed by atoms with Crippen LogP contribution in [-0.2, 0) is 4.74 Å². The van der Waals surface area contributed by atoms with Crippen molar-refractivity contribution in [1.29, 1.82) is 0 Å². The number of aromatic nitrogens is 4. The predicted octanol–water partition coefficient (Wildman–Crippen LogP) is 0.868. The first-order chi connectivity index (χ1) is 10.6. The molecule has 0 fully saturated rings. The largest absolute Gasteiger partial charge is 0.462 e. The Labute approximate surface area is 124 Å². The van der Waals surface area contributed by atoms with Gasteiger partial charge < -0.3 is 10.5 Å². The molecule has 2 heterocycles. The number of rotatable bonds is 3. The average molecular weight is 299 g/mol. The fourth-order valence-corrected chi connectivity index (χ4v) is 2.09. The molecule has 0 aliphatic carbocycles. The SMILES string of the molecule is CCOC(=O)c1ccc(-n2cnc3c(=O)[nH]c(N)nc32)cc1. The van der Waals surface area contributed by atoms with Crippen molar-refractivity contribution in [2.24, 2.45) is 0 Å². The molecule has 3 aromatic rings. The highest BCUT2D eigenvalue weighted by molar-refractivity contribution is 5.89. The summed E-state index contributed by atoms with van der Waals surface area (Å²) in [5, 5.41) is 0. The van der Waals surface area contributed by atoms with Crippen molar-refractivity contribution in [2.75, 3.05) is 12.3 Å². The van der Waals surface area contributed by atoms with E-state index in [0.717, 1.165) is 0 Å². The van der Waals surface area contributed by atoms with Crippen LogP contribution in [0.15, 0.2) is 35.4 Å². The zero-order valence-corrected chi connectivity index (χ0v) is 11.7. The fourth-order valence-electron chi connectivity index (χ4n) is 2.09. The van der Waals surface area contributed by atoms with E-state index in [0.29, 0.717) is 23.5 Å². The molecule has 0 aliphatic rings. The lowest BCUT2D eigenvalue weighted by atomic mass is 10.2. The molecule has 0 unspecified atom stereocenters. The lowest BCUT2D eigenvalue weighted by molar-refractivity contribution is 0.0526. The fraction of sp³-hybridized carbons (Fsp3) is 0.143. The Balaban J connectivity index is 2.05. The number of fused-ring (bicyclic) bond motifs is 1. The number of esters is 1. The van der Waals surface area contributed by atoms with Crippen molar-refractivity contribution in [1.82, 2.24) is 19.5 Å². The standard InChI is InChI=1S/C14H13N5O3/c1-2-22-13(21)8-3-5-9(6-4-8)19-7-16-10-11(19)17-14(15)18-12(10)20/h3-7H,2H2,1H3,(H3,15,17,18,20). The first kappa shape index (κ1) is 13.8. The minimum atomic E-state index is -0.399. The summed E-state index contributed by atoms with van der Waals surface area (Å²) in [6.07, 6.45) is 1.48. The number of imidazole rings is 1. The minimum Gasteiger partial charge on any atom is -0.462 e. The van der Waals surface area contributed by atoms with Crippen LogP contribution in [0.2, 0.25) is 0 Å². The summed E-state index contributed by atoms with van der Waals surface area (Å²) >= 11 is 0. The number of carbonyl (C=O) groups excluding carboxylic acids is 1. The normalized spacial score (nSPS) is 10.8. The van der Waals surface area contributed by atoms with Gasteiger partial charge in [-0.2, -0.15) is 4.98 Å². The molecule has 22 heavy (non-hydrogen) atoms. The maximum Gasteiger partial charge on any atom is 0.338 e. The Morgan fingerprint density at radius 2 is 2.09 bits per heavy atom. The van der Waals surface area contributed by atoms with Gasteiger partial charge in [0.25, 0.3) is 5.56 Å². The van der Waals surface area contributed by atoms with E-state index in [9.17, 15) is 9.59 Å². The van der Waals surface area contributed by atoms with Crippen molar-refractivity contribution in [3.8, 4) is 5.69 Å². The van der Waals surface area contributed by atoms with Crippen molar-refractivity contribution in [3.63, 3.8) is 0 Å². The number of nitrogens with one attached hydrogen (secondary N) is 1. The smallest absolute Gasteiger partial charge is 0.338 e. The highest BCUT2D eigenvalue weighted by atomic mass is 16.5. The first-order valence-corrected chi connectivity index (χ1v) is 6.60. The van der Waals surface area contributed by atoms with Gasteiger partial charge in [-0.3, -0.25) is 14.3 Å². The molecule has 112 valence electrons. The quantitative estimate of drug-likeness (QED) is 0.693. The van der Waals surface area contributed by atoms with Crippen LogP contribution in [0.5, 0.6) is 0 Å². The number of carbonyl (C=O) groups is 1. The Bertz CT molecular complexity index is 895. The molecule has 3 N–H and O–H groups in total. The molecule has 2 aromatic heterocycles. The van der Waals surface area contributed by atoms with Crippen LogP contribution in [0.3, 0.4) is 0 Å². The number of anilines is 1. The summed E-state index contributed by atoms with van der Waals surface area (Å²) in [7, 11) is 0. The van der Waals surface area contributed by atoms with E-state index in [1.807, 2.05) is 0 Å². The molecular formula is C14H13N5O3. The topological polar surface area (TPSA) is 116 Å². The summed E-state index contributed by atoms with van der Waals surface area (Å²) in [5.41, 5.74) is 6.86. The van der Waals surface area contributed by atoms with Gasteiger partial charge in [0.2, 0.25) is 5.95 Å². The van der Waals surface area contributed by atoms with E-state index in [4.69, 9.17) is 10.5 Å². The van der Waals surface area contributed by atoms with E-state index in [-0.39, 0.29) is 17.4 Å². The third-order valence-electron chi connectivity index (χ3n) is 3.08. The van der Waals surface area contributed by atoms with Crippen LogP contribution in [0, 0.1) is 0 Å². The molecule has 8 heteroatoms. The maximum atomic E-state index is 11.7. The first-order valence-electron chi connectivity index (χ1n) is 6.60. The Hall–Kier alpha value is -3.16. The lowest BCUT2D eigenvalue weighted by Crippen LogP contribution is -2.12. The van der Waals surface area contributed by atoms with E-state index in [1.54, 1.807) is 35.8 Å². The minimum absolute atomic E-state index is 0.0161. The van der Waals surface area contributed by atoms with Gasteiger partial charge in [-0.15, -0.1) is 0 Å². The Morgan fingerprint density at radius 3 is 2.77 bits per heavy atom. The molecule has 3 rings (SSSR count). The van der Waals surface area contributed by atoms with E-state index in [2.05, 4.69) is 15.0 Å². The number of H-pyrrole nitrogens is 1. The van der Waals surface area contributed by atoms with Gasteiger partial charge in [-0.1, -0.05) is 0 Å². The van der Waals surface area contributed by atoms with Crippen molar-refractivity contribution < 1.29 is 9.53 Å². The number of nitrogens with two attached hydrogens (primary N) is 1. The molecule has 0 bridgehead atoms. The number of ether oxygens (including phenoxy) is 1. The van der Waals surface area contributed by atoms with Crippen molar-refractivity contribution in [3.05, 3.63) is 46.5 Å². The summed E-state index contributed by atoms with van der Waals surface area (Å²) in [6.45, 7) is 2.07. The van der Waals surface area contributed by atoms with Crippen LogP contribution < -0.4 is 11.3 Å². The van der Waals surface area contributed by atoms with Crippen LogP contribution in [0.1, 0.15) is 17.3 Å². The Kier molecular flexibility index (Phi) is 3.34. The third kappa shape index (κ3) is 2.30. The van der Waals surface area contributed by atoms with Gasteiger partial charge in [0.15, 0.2) is 11.2 Å². The molecule has 8 nitrogen and oxygen atoms in total. The van der Waals surface area contributed by atoms with E-state index >= 15 is 0 Å². The second-order valence-electron chi connectivity index (χ2n) is 4.51. The van der Waals surface area contributed by atoms with Crippen molar-refractivity contribution in [2.45, 2.75) is 6.92 Å². The predicted molar refractivity (Wildman–Crippen MR) is 79.9 cm³/mol. The molecule has 0 saturated carbocycles. The van der Waals surface area contributed by atoms with Gasteiger partial charge >= 0.3 is 5.97 Å². The van der Waals surface area contributed by atoms with E-state index in [1.165, 1.54) is 6.33 Å². The van der Waals surface area contributed by atoms with Crippen LogP contribution in [0.4, 0.5) is 5.95 Å². The molecule has 0 atom stereocenters. The lowest BCUT2D eigenvalue weighted by Gasteiger charge is -2.05. The number of hydrogen-bond donors (Lipinski definition) is 2. The molecule has 0 radical (unpaired) electrons. The summed E-state index contributed by atoms with van der Waals surface area (Å²) < 4.78 is 6.55. The number of hydrogen-bond acceptors (Lipinski definition) is 6. The molecular weight excluding hydrogens is 286 g/mol. The third-order valence-corrected chi connectivity index (χ3v) is 3.08. The van der Waals surface area contributed by atoms with Gasteiger partial charge in [0, 0.05) is 5.69 Å². The zero-order valence-electron chi connectivity index (χ0n) is 11.7. The summed E-state index contributed by atoms with van der Waals surface area (Å²) in [5.74, 6) is -0.370. The second-order valence-corrected chi connectivity index (χ2v) is 4.51. The molecule has 0 aliphatic heterocycles. The number of benzene rings is 1. The van der Waals surface area contributed by atoms with Gasteiger partial charge in [-0.05, 0) is 31.2 Å². The van der Waals surface area contributed by atoms with Crippen LogP contribution in [-0.4, -0.2) is 32.1 Å². The molecule has 0 spiro atoms. The van der Waals surface area contributed by atoms with Gasteiger partial charge in [0.1, 0.15) is 6.33 Å². The van der Waals surface area contributed by atoms with Crippen LogP contribution in [0.25, 0.3) is 16.9 Å². The highest BCUT2D eigenvalue weighted by Gasteiger charge is 2.11. The molecule has 0 saturated heterocycles. The average Bonchev–Trinajstić information content (AvgIpc) is 2.91.